The average Bonchev–Trinajstić information content (AvgIpc) is 3.14. The van der Waals surface area contributed by atoms with Gasteiger partial charge in [-0.2, -0.15) is 0 Å². The number of hydrogen-bond donors (Lipinski definition) is 3. The van der Waals surface area contributed by atoms with Crippen molar-refractivity contribution < 1.29 is 47.5 Å². The van der Waals surface area contributed by atoms with E-state index in [0.717, 1.165) is 51.4 Å². The Kier molecular flexibility index (Phi) is 36.4. The fraction of sp³-hybridized carbons (Fsp3) is 0.833. The second kappa shape index (κ2) is 37.9. The zero-order valence-electron chi connectivity index (χ0n) is 34.1. The zero-order valence-corrected chi connectivity index (χ0v) is 35.0. The van der Waals surface area contributed by atoms with E-state index in [2.05, 4.69) is 42.7 Å². The summed E-state index contributed by atoms with van der Waals surface area (Å²) in [5, 5.41) is 8.88. The van der Waals surface area contributed by atoms with Gasteiger partial charge < -0.3 is 25.2 Å². The number of esters is 2. The normalized spacial score (nSPS) is 14.0. The molecule has 12 heteroatoms. The Hall–Kier alpha value is -2.04. The Morgan fingerprint density at radius 2 is 0.926 bits per heavy atom. The molecule has 0 radical (unpaired) electrons. The molecule has 0 aliphatic heterocycles. The van der Waals surface area contributed by atoms with Crippen LogP contribution >= 0.6 is 7.82 Å². The molecular weight excluding hydrogens is 709 g/mol. The highest BCUT2D eigenvalue weighted by molar-refractivity contribution is 7.47. The number of carboxylic acid groups (broad SMARTS) is 1. The Labute approximate surface area is 328 Å². The molecule has 11 nitrogen and oxygen atoms in total. The molecule has 0 aromatic carbocycles. The third-order valence-electron chi connectivity index (χ3n) is 9.17. The standard InChI is InChI=1S/C42H78NO10P/c1-3-5-7-9-11-13-15-17-19-21-23-25-27-29-31-33-40(44)50-35-38(36-51-54(48,49)52-37-39(43)42(46)47)53-41(45)34-32-30-28-26-24-22-20-18-16-14-12-10-8-6-4-2/h13,15,22,24,38-39H,3-12,14,16-21,23,25-37,43H2,1-2H3,(H,46,47)(H,48,49)/b15-13+,24-22+/t38-,39+/m1/s1. The molecule has 0 aromatic heterocycles. The third-order valence-corrected chi connectivity index (χ3v) is 10.1. The molecule has 0 fully saturated rings. The summed E-state index contributed by atoms with van der Waals surface area (Å²) in [5.41, 5.74) is 5.33. The van der Waals surface area contributed by atoms with Crippen LogP contribution in [0.5, 0.6) is 0 Å². The molecule has 0 saturated heterocycles. The van der Waals surface area contributed by atoms with Crippen LogP contribution < -0.4 is 5.73 Å². The van der Waals surface area contributed by atoms with E-state index < -0.39 is 51.1 Å². The van der Waals surface area contributed by atoms with Crippen LogP contribution in [0.15, 0.2) is 24.3 Å². The molecule has 0 heterocycles. The van der Waals surface area contributed by atoms with Gasteiger partial charge >= 0.3 is 25.7 Å². The van der Waals surface area contributed by atoms with E-state index in [1.807, 2.05) is 0 Å². The first-order valence-corrected chi connectivity index (χ1v) is 22.9. The Balaban J connectivity index is 4.40. The van der Waals surface area contributed by atoms with Gasteiger partial charge in [0.25, 0.3) is 0 Å². The second-order valence-electron chi connectivity index (χ2n) is 14.5. The molecule has 0 aromatic rings. The van der Waals surface area contributed by atoms with Crippen LogP contribution in [-0.2, 0) is 37.5 Å². The molecule has 0 rings (SSSR count). The molecule has 54 heavy (non-hydrogen) atoms. The van der Waals surface area contributed by atoms with E-state index in [1.165, 1.54) is 103 Å². The van der Waals surface area contributed by atoms with Gasteiger partial charge in [0.1, 0.15) is 12.6 Å². The maximum atomic E-state index is 12.6. The summed E-state index contributed by atoms with van der Waals surface area (Å²) >= 11 is 0. The fourth-order valence-corrected chi connectivity index (χ4v) is 6.54. The predicted molar refractivity (Wildman–Crippen MR) is 217 cm³/mol. The quantitative estimate of drug-likeness (QED) is 0.0233. The molecule has 0 saturated carbocycles. The van der Waals surface area contributed by atoms with E-state index >= 15 is 0 Å². The minimum Gasteiger partial charge on any atom is -0.480 e. The fourth-order valence-electron chi connectivity index (χ4n) is 5.76. The third kappa shape index (κ3) is 36.9. The first kappa shape index (κ1) is 52.0. The number of carbonyl (C=O) groups is 3. The SMILES string of the molecule is CCCCCC/C=C/CCCCCCCCCC(=O)OC[C@H](COP(=O)(O)OC[C@H](N)C(=O)O)OC(=O)CCCCC/C=C/CCCCCCCCCC. The van der Waals surface area contributed by atoms with Crippen molar-refractivity contribution in [2.24, 2.45) is 5.73 Å². The maximum Gasteiger partial charge on any atom is 0.472 e. The van der Waals surface area contributed by atoms with Crippen LogP contribution in [0.1, 0.15) is 194 Å². The highest BCUT2D eigenvalue weighted by Crippen LogP contribution is 2.43. The number of unbranched alkanes of at least 4 members (excludes halogenated alkanes) is 22. The van der Waals surface area contributed by atoms with Crippen molar-refractivity contribution in [1.29, 1.82) is 0 Å². The number of allylic oxidation sites excluding steroid dienone is 4. The van der Waals surface area contributed by atoms with Crippen molar-refractivity contribution >= 4 is 25.7 Å². The number of ether oxygens (including phenoxy) is 2. The lowest BCUT2D eigenvalue weighted by atomic mass is 10.1. The van der Waals surface area contributed by atoms with Gasteiger partial charge in [0.05, 0.1) is 13.2 Å². The number of phosphoric ester groups is 1. The summed E-state index contributed by atoms with van der Waals surface area (Å²) in [7, 11) is -4.72. The number of phosphoric acid groups is 1. The summed E-state index contributed by atoms with van der Waals surface area (Å²) in [6.45, 7) is 2.77. The van der Waals surface area contributed by atoms with Crippen molar-refractivity contribution in [3.05, 3.63) is 24.3 Å². The van der Waals surface area contributed by atoms with Crippen LogP contribution in [0.2, 0.25) is 0 Å². The van der Waals surface area contributed by atoms with E-state index in [0.29, 0.717) is 12.8 Å². The van der Waals surface area contributed by atoms with Crippen molar-refractivity contribution in [3.8, 4) is 0 Å². The maximum absolute atomic E-state index is 12.6. The lowest BCUT2D eigenvalue weighted by Crippen LogP contribution is -2.34. The molecular formula is C42H78NO10P. The van der Waals surface area contributed by atoms with Crippen molar-refractivity contribution in [2.75, 3.05) is 19.8 Å². The molecule has 0 aliphatic carbocycles. The van der Waals surface area contributed by atoms with E-state index in [4.69, 9.17) is 24.8 Å². The Bertz CT molecular complexity index is 1020. The lowest BCUT2D eigenvalue weighted by Gasteiger charge is -2.20. The zero-order chi connectivity index (χ0) is 40.0. The van der Waals surface area contributed by atoms with E-state index in [9.17, 15) is 23.8 Å². The number of nitrogens with two attached hydrogens (primary N) is 1. The van der Waals surface area contributed by atoms with Crippen molar-refractivity contribution in [2.45, 2.75) is 206 Å². The monoisotopic (exact) mass is 788 g/mol. The topological polar surface area (TPSA) is 172 Å². The van der Waals surface area contributed by atoms with Crippen molar-refractivity contribution in [1.82, 2.24) is 0 Å². The molecule has 316 valence electrons. The molecule has 0 spiro atoms. The Morgan fingerprint density at radius 1 is 0.556 bits per heavy atom. The molecule has 1 unspecified atom stereocenters. The van der Waals surface area contributed by atoms with Crippen LogP contribution in [0.3, 0.4) is 0 Å². The lowest BCUT2D eigenvalue weighted by molar-refractivity contribution is -0.161. The van der Waals surface area contributed by atoms with Gasteiger partial charge in [0, 0.05) is 12.8 Å². The van der Waals surface area contributed by atoms with Gasteiger partial charge in [-0.05, 0) is 64.2 Å². The highest BCUT2D eigenvalue weighted by Gasteiger charge is 2.28. The molecule has 3 atom stereocenters. The smallest absolute Gasteiger partial charge is 0.472 e. The molecule has 0 bridgehead atoms. The summed E-state index contributed by atoms with van der Waals surface area (Å²) in [5.74, 6) is -2.40. The summed E-state index contributed by atoms with van der Waals surface area (Å²) < 4.78 is 32.6. The summed E-state index contributed by atoms with van der Waals surface area (Å²) in [4.78, 5) is 45.9. The first-order valence-electron chi connectivity index (χ1n) is 21.4. The number of rotatable bonds is 40. The number of hydrogen-bond acceptors (Lipinski definition) is 9. The minimum atomic E-state index is -4.72. The molecule has 0 aliphatic rings. The van der Waals surface area contributed by atoms with Gasteiger partial charge in [-0.3, -0.25) is 23.4 Å². The van der Waals surface area contributed by atoms with E-state index in [-0.39, 0.29) is 19.4 Å². The van der Waals surface area contributed by atoms with Crippen LogP contribution in [0, 0.1) is 0 Å². The summed E-state index contributed by atoms with van der Waals surface area (Å²) in [6.07, 6.45) is 38.1. The predicted octanol–water partition coefficient (Wildman–Crippen LogP) is 11.1. The van der Waals surface area contributed by atoms with Gasteiger partial charge in [-0.1, -0.05) is 141 Å². The van der Waals surface area contributed by atoms with Crippen LogP contribution in [-0.4, -0.2) is 59.9 Å². The second-order valence-corrected chi connectivity index (χ2v) is 15.9. The minimum absolute atomic E-state index is 0.142. The number of carboxylic acids is 1. The van der Waals surface area contributed by atoms with E-state index in [1.54, 1.807) is 0 Å². The Morgan fingerprint density at radius 3 is 1.39 bits per heavy atom. The number of aliphatic carboxylic acids is 1. The number of carbonyl (C=O) groups excluding carboxylic acids is 2. The van der Waals surface area contributed by atoms with Gasteiger partial charge in [-0.25, -0.2) is 4.57 Å². The first-order chi connectivity index (χ1) is 26.1. The van der Waals surface area contributed by atoms with Gasteiger partial charge in [-0.15, -0.1) is 0 Å². The highest BCUT2D eigenvalue weighted by atomic mass is 31.2. The van der Waals surface area contributed by atoms with Gasteiger partial charge in [0.2, 0.25) is 0 Å². The van der Waals surface area contributed by atoms with Crippen LogP contribution in [0.25, 0.3) is 0 Å². The molecule has 0 amide bonds. The summed E-state index contributed by atoms with van der Waals surface area (Å²) in [6, 6.07) is -1.52. The molecule has 4 N–H and O–H groups in total. The van der Waals surface area contributed by atoms with Crippen molar-refractivity contribution in [3.63, 3.8) is 0 Å². The largest absolute Gasteiger partial charge is 0.480 e. The van der Waals surface area contributed by atoms with Crippen LogP contribution in [0.4, 0.5) is 0 Å². The average molecular weight is 788 g/mol. The van der Waals surface area contributed by atoms with Gasteiger partial charge in [0.15, 0.2) is 6.10 Å².